The number of hydrogen-bond donors (Lipinski definition) is 2. The van der Waals surface area contributed by atoms with Crippen LogP contribution in [0.3, 0.4) is 0 Å². The van der Waals surface area contributed by atoms with Crippen LogP contribution in [-0.4, -0.2) is 51.0 Å². The Labute approximate surface area is 190 Å². The average molecular weight is 478 g/mol. The highest BCUT2D eigenvalue weighted by atomic mass is 32.2. The number of benzene rings is 2. The van der Waals surface area contributed by atoms with Crippen molar-refractivity contribution in [2.24, 2.45) is 0 Å². The Hall–Kier alpha value is -2.98. The first-order valence-corrected chi connectivity index (χ1v) is 12.1. The first-order chi connectivity index (χ1) is 15.8. The number of amides is 1. The van der Waals surface area contributed by atoms with Gasteiger partial charge in [0.15, 0.2) is 11.6 Å². The molecule has 7 nitrogen and oxygen atoms in total. The molecule has 2 aromatic carbocycles. The summed E-state index contributed by atoms with van der Waals surface area (Å²) in [6, 6.07) is 8.25. The number of carbonyl (C=O) groups excluding carboxylic acids is 1. The number of nitrogens with one attached hydrogen (secondary N) is 2. The van der Waals surface area contributed by atoms with E-state index < -0.39 is 21.7 Å². The molecule has 1 aromatic heterocycles. The van der Waals surface area contributed by atoms with Crippen molar-refractivity contribution >= 4 is 26.8 Å². The molecule has 4 rings (SSSR count). The fraction of sp³-hybridized carbons (Fsp3) is 0.348. The van der Waals surface area contributed by atoms with Crippen molar-refractivity contribution in [3.05, 3.63) is 59.8 Å². The second kappa shape index (κ2) is 9.48. The SMILES string of the molecule is COc1ccc2[nH]cc(C3CCN(C(=O)CCNS(=O)(=O)c4ccc(F)c(F)c4)CC3)c2c1. The number of methoxy groups -OCH3 is 1. The highest BCUT2D eigenvalue weighted by molar-refractivity contribution is 7.89. The largest absolute Gasteiger partial charge is 0.497 e. The van der Waals surface area contributed by atoms with Crippen molar-refractivity contribution < 1.29 is 26.7 Å². The van der Waals surface area contributed by atoms with Crippen LogP contribution in [0.2, 0.25) is 0 Å². The summed E-state index contributed by atoms with van der Waals surface area (Å²) in [6.45, 7) is 1.04. The van der Waals surface area contributed by atoms with Crippen molar-refractivity contribution in [1.82, 2.24) is 14.6 Å². The predicted octanol–water partition coefficient (Wildman–Crippen LogP) is 3.53. The van der Waals surface area contributed by atoms with Crippen molar-refractivity contribution in [2.75, 3.05) is 26.7 Å². The van der Waals surface area contributed by atoms with Gasteiger partial charge in [0.1, 0.15) is 5.75 Å². The standard InChI is InChI=1S/C23H25F2N3O4S/c1-32-16-2-5-22-18(12-16)19(14-26-22)15-7-10-28(11-8-15)23(29)6-9-27-33(30,31)17-3-4-20(24)21(25)13-17/h2-5,12-15,26-27H,6-11H2,1H3. The average Bonchev–Trinajstić information content (AvgIpc) is 3.23. The van der Waals surface area contributed by atoms with E-state index in [1.54, 1.807) is 12.0 Å². The van der Waals surface area contributed by atoms with E-state index in [1.165, 1.54) is 5.56 Å². The van der Waals surface area contributed by atoms with Gasteiger partial charge in [-0.1, -0.05) is 0 Å². The van der Waals surface area contributed by atoms with Crippen LogP contribution in [-0.2, 0) is 14.8 Å². The summed E-state index contributed by atoms with van der Waals surface area (Å²) >= 11 is 0. The van der Waals surface area contributed by atoms with E-state index in [4.69, 9.17) is 4.74 Å². The van der Waals surface area contributed by atoms with Gasteiger partial charge in [-0.05, 0) is 60.7 Å². The minimum atomic E-state index is -4.03. The second-order valence-electron chi connectivity index (χ2n) is 8.03. The van der Waals surface area contributed by atoms with E-state index >= 15 is 0 Å². The number of rotatable bonds is 7. The molecule has 1 aliphatic heterocycles. The molecule has 1 saturated heterocycles. The Morgan fingerprint density at radius 3 is 2.61 bits per heavy atom. The summed E-state index contributed by atoms with van der Waals surface area (Å²) < 4.78 is 58.4. The third-order valence-electron chi connectivity index (χ3n) is 6.04. The number of nitrogens with zero attached hydrogens (tertiary/aromatic N) is 1. The molecular weight excluding hydrogens is 452 g/mol. The van der Waals surface area contributed by atoms with Gasteiger partial charge in [-0.25, -0.2) is 21.9 Å². The van der Waals surface area contributed by atoms with Crippen molar-refractivity contribution in [3.8, 4) is 5.75 Å². The van der Waals surface area contributed by atoms with Gasteiger partial charge in [-0.2, -0.15) is 0 Å². The molecule has 1 fully saturated rings. The quantitative estimate of drug-likeness (QED) is 0.545. The number of ether oxygens (including phenoxy) is 1. The van der Waals surface area contributed by atoms with E-state index in [2.05, 4.69) is 9.71 Å². The van der Waals surface area contributed by atoms with Gasteiger partial charge in [0, 0.05) is 43.2 Å². The van der Waals surface area contributed by atoms with Gasteiger partial charge in [-0.3, -0.25) is 4.79 Å². The number of piperidine rings is 1. The Bertz CT molecular complexity index is 1270. The van der Waals surface area contributed by atoms with Gasteiger partial charge in [0.2, 0.25) is 15.9 Å². The van der Waals surface area contributed by atoms with E-state index in [9.17, 15) is 22.0 Å². The molecule has 10 heteroatoms. The van der Waals surface area contributed by atoms with Gasteiger partial charge in [0.05, 0.1) is 12.0 Å². The lowest BCUT2D eigenvalue weighted by Crippen LogP contribution is -2.39. The first-order valence-electron chi connectivity index (χ1n) is 10.7. The zero-order valence-corrected chi connectivity index (χ0v) is 18.9. The van der Waals surface area contributed by atoms with Crippen LogP contribution in [0.15, 0.2) is 47.5 Å². The van der Waals surface area contributed by atoms with Crippen molar-refractivity contribution in [3.63, 3.8) is 0 Å². The summed E-state index contributed by atoms with van der Waals surface area (Å²) in [5, 5.41) is 1.12. The van der Waals surface area contributed by atoms with E-state index in [0.717, 1.165) is 41.6 Å². The summed E-state index contributed by atoms with van der Waals surface area (Å²) in [5.41, 5.74) is 2.24. The number of carbonyl (C=O) groups is 1. The van der Waals surface area contributed by atoms with Gasteiger partial charge >= 0.3 is 0 Å². The summed E-state index contributed by atoms with van der Waals surface area (Å²) in [6.07, 6.45) is 3.60. The topological polar surface area (TPSA) is 91.5 Å². The molecule has 0 aliphatic carbocycles. The third kappa shape index (κ3) is 5.01. The second-order valence-corrected chi connectivity index (χ2v) is 9.80. The maximum Gasteiger partial charge on any atom is 0.240 e. The summed E-state index contributed by atoms with van der Waals surface area (Å²) in [5.74, 6) is -1.42. The molecule has 2 N–H and O–H groups in total. The molecule has 2 heterocycles. The maximum atomic E-state index is 13.3. The highest BCUT2D eigenvalue weighted by Gasteiger charge is 2.26. The van der Waals surface area contributed by atoms with Crippen LogP contribution in [0.4, 0.5) is 8.78 Å². The molecule has 3 aromatic rings. The summed E-state index contributed by atoms with van der Waals surface area (Å²) in [7, 11) is -2.40. The number of aromatic nitrogens is 1. The summed E-state index contributed by atoms with van der Waals surface area (Å²) in [4.78, 5) is 17.2. The van der Waals surface area contributed by atoms with Crippen LogP contribution in [0, 0.1) is 11.6 Å². The van der Waals surface area contributed by atoms with E-state index in [-0.39, 0.29) is 23.8 Å². The predicted molar refractivity (Wildman–Crippen MR) is 120 cm³/mol. The molecule has 0 radical (unpaired) electrons. The number of fused-ring (bicyclic) bond motifs is 1. The van der Waals surface area contributed by atoms with Crippen LogP contribution in [0.25, 0.3) is 10.9 Å². The lowest BCUT2D eigenvalue weighted by molar-refractivity contribution is -0.132. The number of halogens is 2. The molecule has 0 saturated carbocycles. The molecular formula is C23H25F2N3O4S. The molecule has 0 unspecified atom stereocenters. The molecule has 0 spiro atoms. The Morgan fingerprint density at radius 2 is 1.91 bits per heavy atom. The number of likely N-dealkylation sites (tertiary alicyclic amines) is 1. The molecule has 0 bridgehead atoms. The van der Waals surface area contributed by atoms with Gasteiger partial charge in [-0.15, -0.1) is 0 Å². The highest BCUT2D eigenvalue weighted by Crippen LogP contribution is 2.34. The fourth-order valence-electron chi connectivity index (χ4n) is 4.20. The first kappa shape index (κ1) is 23.2. The van der Waals surface area contributed by atoms with Crippen molar-refractivity contribution in [1.29, 1.82) is 0 Å². The Kier molecular flexibility index (Phi) is 6.66. The minimum absolute atomic E-state index is 0.0160. The normalized spacial score (nSPS) is 15.2. The number of sulfonamides is 1. The van der Waals surface area contributed by atoms with Gasteiger partial charge < -0.3 is 14.6 Å². The number of H-pyrrole nitrogens is 1. The zero-order valence-electron chi connectivity index (χ0n) is 18.1. The Morgan fingerprint density at radius 1 is 1.15 bits per heavy atom. The number of aromatic amines is 1. The van der Waals surface area contributed by atoms with Gasteiger partial charge in [0.25, 0.3) is 0 Å². The molecule has 0 atom stereocenters. The molecule has 1 amide bonds. The number of hydrogen-bond acceptors (Lipinski definition) is 4. The van der Waals surface area contributed by atoms with Crippen LogP contribution in [0.5, 0.6) is 5.75 Å². The van der Waals surface area contributed by atoms with Crippen LogP contribution >= 0.6 is 0 Å². The fourth-order valence-corrected chi connectivity index (χ4v) is 5.25. The molecule has 1 aliphatic rings. The lowest BCUT2D eigenvalue weighted by atomic mass is 9.89. The van der Waals surface area contributed by atoms with Crippen LogP contribution < -0.4 is 9.46 Å². The molecule has 33 heavy (non-hydrogen) atoms. The lowest BCUT2D eigenvalue weighted by Gasteiger charge is -2.32. The minimum Gasteiger partial charge on any atom is -0.497 e. The third-order valence-corrected chi connectivity index (χ3v) is 7.50. The zero-order chi connectivity index (χ0) is 23.6. The molecule has 176 valence electrons. The Balaban J connectivity index is 1.30. The van der Waals surface area contributed by atoms with E-state index in [0.29, 0.717) is 25.1 Å². The van der Waals surface area contributed by atoms with Crippen LogP contribution in [0.1, 0.15) is 30.7 Å². The maximum absolute atomic E-state index is 13.3. The monoisotopic (exact) mass is 477 g/mol. The smallest absolute Gasteiger partial charge is 0.240 e. The van der Waals surface area contributed by atoms with Crippen molar-refractivity contribution in [2.45, 2.75) is 30.1 Å². The van der Waals surface area contributed by atoms with E-state index in [1.807, 2.05) is 24.4 Å².